The molecule has 0 amide bonds. The van der Waals surface area contributed by atoms with Crippen molar-refractivity contribution in [1.29, 1.82) is 0 Å². The Kier molecular flexibility index (Phi) is 2.59. The van der Waals surface area contributed by atoms with Crippen molar-refractivity contribution in [3.8, 4) is 5.88 Å². The van der Waals surface area contributed by atoms with E-state index >= 15 is 0 Å². The van der Waals surface area contributed by atoms with Gasteiger partial charge in [-0.1, -0.05) is 0 Å². The summed E-state index contributed by atoms with van der Waals surface area (Å²) in [4.78, 5) is 9.71. The molecular formula is C5H8N4O3. The quantitative estimate of drug-likeness (QED) is 0.477. The van der Waals surface area contributed by atoms with Crippen LogP contribution in [0.15, 0.2) is 6.20 Å². The zero-order valence-electron chi connectivity index (χ0n) is 6.19. The number of nitrogens with one attached hydrogen (secondary N) is 1. The van der Waals surface area contributed by atoms with Gasteiger partial charge in [-0.2, -0.15) is 5.10 Å². The summed E-state index contributed by atoms with van der Waals surface area (Å²) in [6.07, 6.45) is 1.09. The number of rotatable bonds is 4. The van der Waals surface area contributed by atoms with Crippen LogP contribution in [-0.2, 0) is 0 Å². The number of hydrogen-bond acceptors (Lipinski definition) is 5. The molecule has 1 aromatic rings. The minimum absolute atomic E-state index is 0.0467. The van der Waals surface area contributed by atoms with E-state index in [-0.39, 0.29) is 18.2 Å². The third-order valence-electron chi connectivity index (χ3n) is 1.15. The van der Waals surface area contributed by atoms with E-state index in [4.69, 9.17) is 10.5 Å². The summed E-state index contributed by atoms with van der Waals surface area (Å²) in [5.41, 5.74) is 4.96. The topological polar surface area (TPSA) is 107 Å². The van der Waals surface area contributed by atoms with Gasteiger partial charge in [0, 0.05) is 6.54 Å². The second kappa shape index (κ2) is 3.67. The molecule has 0 atom stereocenters. The number of aromatic amines is 1. The smallest absolute Gasteiger partial charge is 0.350 e. The number of nitro groups is 1. The first-order valence-electron chi connectivity index (χ1n) is 3.26. The first-order chi connectivity index (χ1) is 5.75. The van der Waals surface area contributed by atoms with E-state index in [1.54, 1.807) is 0 Å². The Morgan fingerprint density at radius 3 is 3.17 bits per heavy atom. The molecule has 0 aliphatic heterocycles. The predicted octanol–water partition coefficient (Wildman–Crippen LogP) is -0.345. The Balaban J connectivity index is 2.70. The third-order valence-corrected chi connectivity index (χ3v) is 1.15. The highest BCUT2D eigenvalue weighted by Gasteiger charge is 2.16. The summed E-state index contributed by atoms with van der Waals surface area (Å²) >= 11 is 0. The molecule has 66 valence electrons. The molecule has 3 N–H and O–H groups in total. The van der Waals surface area contributed by atoms with Crippen LogP contribution in [0.1, 0.15) is 0 Å². The summed E-state index contributed by atoms with van der Waals surface area (Å²) < 4.78 is 4.90. The van der Waals surface area contributed by atoms with E-state index in [0.29, 0.717) is 6.54 Å². The van der Waals surface area contributed by atoms with Crippen molar-refractivity contribution >= 4 is 5.69 Å². The lowest BCUT2D eigenvalue weighted by molar-refractivity contribution is -0.385. The largest absolute Gasteiger partial charge is 0.472 e. The van der Waals surface area contributed by atoms with Crippen LogP contribution in [0.3, 0.4) is 0 Å². The fourth-order valence-corrected chi connectivity index (χ4v) is 0.665. The molecule has 7 heteroatoms. The van der Waals surface area contributed by atoms with E-state index in [1.165, 1.54) is 0 Å². The number of ether oxygens (including phenoxy) is 1. The molecule has 12 heavy (non-hydrogen) atoms. The summed E-state index contributed by atoms with van der Waals surface area (Å²) in [6.45, 7) is 0.527. The lowest BCUT2D eigenvalue weighted by atomic mass is 10.5. The van der Waals surface area contributed by atoms with Gasteiger partial charge < -0.3 is 10.5 Å². The molecule has 0 saturated carbocycles. The number of aromatic nitrogens is 2. The van der Waals surface area contributed by atoms with Crippen LogP contribution < -0.4 is 10.5 Å². The highest BCUT2D eigenvalue weighted by molar-refractivity contribution is 5.37. The first kappa shape index (κ1) is 8.47. The molecule has 1 aromatic heterocycles. The van der Waals surface area contributed by atoms with E-state index in [9.17, 15) is 10.1 Å². The standard InChI is InChI=1S/C5H8N4O3/c6-1-2-12-5-4(9(10)11)3-7-8-5/h3H,1-2,6H2,(H,7,8). The van der Waals surface area contributed by atoms with Gasteiger partial charge in [-0.25, -0.2) is 5.10 Å². The maximum absolute atomic E-state index is 10.3. The van der Waals surface area contributed by atoms with Gasteiger partial charge in [0.05, 0.1) is 4.92 Å². The van der Waals surface area contributed by atoms with Crippen molar-refractivity contribution in [2.45, 2.75) is 0 Å². The monoisotopic (exact) mass is 172 g/mol. The number of H-pyrrole nitrogens is 1. The molecule has 0 saturated heterocycles. The van der Waals surface area contributed by atoms with Crippen molar-refractivity contribution in [1.82, 2.24) is 10.2 Å². The Hall–Kier alpha value is -1.63. The van der Waals surface area contributed by atoms with Crippen molar-refractivity contribution in [3.05, 3.63) is 16.3 Å². The summed E-state index contributed by atoms with van der Waals surface area (Å²) in [5, 5.41) is 16.1. The molecule has 0 aromatic carbocycles. The van der Waals surface area contributed by atoms with Gasteiger partial charge in [-0.05, 0) is 0 Å². The van der Waals surface area contributed by atoms with Crippen molar-refractivity contribution in [2.24, 2.45) is 5.73 Å². The second-order valence-electron chi connectivity index (χ2n) is 1.98. The molecule has 7 nitrogen and oxygen atoms in total. The molecule has 0 aliphatic rings. The number of nitrogens with two attached hydrogens (primary N) is 1. The third kappa shape index (κ3) is 1.70. The summed E-state index contributed by atoms with van der Waals surface area (Å²) in [7, 11) is 0. The maximum atomic E-state index is 10.3. The van der Waals surface area contributed by atoms with Gasteiger partial charge in [0.1, 0.15) is 12.8 Å². The Labute approximate surface area is 67.7 Å². The first-order valence-corrected chi connectivity index (χ1v) is 3.26. The molecule has 0 radical (unpaired) electrons. The predicted molar refractivity (Wildman–Crippen MR) is 39.8 cm³/mol. The minimum Gasteiger partial charge on any atom is -0.472 e. The van der Waals surface area contributed by atoms with Crippen molar-refractivity contribution in [3.63, 3.8) is 0 Å². The number of hydrogen-bond donors (Lipinski definition) is 2. The van der Waals surface area contributed by atoms with Crippen LogP contribution in [0.4, 0.5) is 5.69 Å². The van der Waals surface area contributed by atoms with Gasteiger partial charge in [-0.3, -0.25) is 10.1 Å². The SMILES string of the molecule is NCCOc1[nH]ncc1[N+](=O)[O-]. The van der Waals surface area contributed by atoms with Gasteiger partial charge in [0.15, 0.2) is 0 Å². The molecular weight excluding hydrogens is 164 g/mol. The highest BCUT2D eigenvalue weighted by atomic mass is 16.6. The van der Waals surface area contributed by atoms with Crippen LogP contribution in [-0.4, -0.2) is 28.3 Å². The van der Waals surface area contributed by atoms with Gasteiger partial charge >= 0.3 is 5.69 Å². The zero-order valence-corrected chi connectivity index (χ0v) is 6.19. The Bertz CT molecular complexity index is 271. The number of nitrogens with zero attached hydrogens (tertiary/aromatic N) is 2. The Morgan fingerprint density at radius 2 is 2.58 bits per heavy atom. The molecule has 1 rings (SSSR count). The van der Waals surface area contributed by atoms with E-state index in [2.05, 4.69) is 10.2 Å². The van der Waals surface area contributed by atoms with Gasteiger partial charge in [0.25, 0.3) is 5.88 Å². The molecule has 0 spiro atoms. The maximum Gasteiger partial charge on any atom is 0.350 e. The normalized spacial score (nSPS) is 9.75. The van der Waals surface area contributed by atoms with Gasteiger partial charge in [0.2, 0.25) is 0 Å². The molecule has 1 heterocycles. The molecule has 0 bridgehead atoms. The van der Waals surface area contributed by atoms with Crippen molar-refractivity contribution < 1.29 is 9.66 Å². The fraction of sp³-hybridized carbons (Fsp3) is 0.400. The fourth-order valence-electron chi connectivity index (χ4n) is 0.665. The average molecular weight is 172 g/mol. The summed E-state index contributed by atoms with van der Waals surface area (Å²) in [6, 6.07) is 0. The average Bonchev–Trinajstić information content (AvgIpc) is 2.48. The second-order valence-corrected chi connectivity index (χ2v) is 1.98. The Morgan fingerprint density at radius 1 is 1.83 bits per heavy atom. The van der Waals surface area contributed by atoms with Crippen LogP contribution in [0.5, 0.6) is 5.88 Å². The van der Waals surface area contributed by atoms with Crippen molar-refractivity contribution in [2.75, 3.05) is 13.2 Å². The molecule has 0 unspecified atom stereocenters. The minimum atomic E-state index is -0.574. The van der Waals surface area contributed by atoms with Crippen LogP contribution in [0.25, 0.3) is 0 Å². The lowest BCUT2D eigenvalue weighted by Gasteiger charge is -1.98. The highest BCUT2D eigenvalue weighted by Crippen LogP contribution is 2.21. The van der Waals surface area contributed by atoms with Gasteiger partial charge in [-0.15, -0.1) is 0 Å². The van der Waals surface area contributed by atoms with Crippen LogP contribution >= 0.6 is 0 Å². The van der Waals surface area contributed by atoms with Crippen LogP contribution in [0, 0.1) is 10.1 Å². The molecule has 0 aliphatic carbocycles. The van der Waals surface area contributed by atoms with E-state index in [0.717, 1.165) is 6.20 Å². The zero-order chi connectivity index (χ0) is 8.97. The summed E-state index contributed by atoms with van der Waals surface area (Å²) in [5.74, 6) is 0.0467. The molecule has 0 fully saturated rings. The van der Waals surface area contributed by atoms with Crippen LogP contribution in [0.2, 0.25) is 0 Å². The lowest BCUT2D eigenvalue weighted by Crippen LogP contribution is -2.11. The van der Waals surface area contributed by atoms with E-state index in [1.807, 2.05) is 0 Å². The van der Waals surface area contributed by atoms with E-state index < -0.39 is 4.92 Å².